The quantitative estimate of drug-likeness (QED) is 0.375. The van der Waals surface area contributed by atoms with E-state index in [-0.39, 0.29) is 41.8 Å². The van der Waals surface area contributed by atoms with E-state index in [9.17, 15) is 18.0 Å². The van der Waals surface area contributed by atoms with Crippen molar-refractivity contribution >= 4 is 16.8 Å². The third-order valence-corrected chi connectivity index (χ3v) is 5.90. The minimum atomic E-state index is -4.64. The van der Waals surface area contributed by atoms with E-state index in [1.54, 1.807) is 25.1 Å². The van der Waals surface area contributed by atoms with Crippen molar-refractivity contribution in [3.8, 4) is 28.7 Å². The van der Waals surface area contributed by atoms with Crippen molar-refractivity contribution in [3.63, 3.8) is 0 Å². The van der Waals surface area contributed by atoms with Gasteiger partial charge in [-0.2, -0.15) is 13.2 Å². The number of pyridine rings is 1. The third-order valence-electron chi connectivity index (χ3n) is 5.90. The molecule has 2 atom stereocenters. The summed E-state index contributed by atoms with van der Waals surface area (Å²) in [5, 5.41) is 3.06. The number of amides is 1. The van der Waals surface area contributed by atoms with Crippen molar-refractivity contribution < 1.29 is 36.6 Å². The van der Waals surface area contributed by atoms with Crippen LogP contribution >= 0.6 is 0 Å². The summed E-state index contributed by atoms with van der Waals surface area (Å²) in [6, 6.07) is 11.7. The second kappa shape index (κ2) is 9.86. The zero-order valence-corrected chi connectivity index (χ0v) is 20.3. The van der Waals surface area contributed by atoms with Crippen LogP contribution in [0.2, 0.25) is 0 Å². The third kappa shape index (κ3) is 4.82. The molecule has 0 bridgehead atoms. The summed E-state index contributed by atoms with van der Waals surface area (Å²) < 4.78 is 62.4. The predicted molar refractivity (Wildman–Crippen MR) is 130 cm³/mol. The summed E-state index contributed by atoms with van der Waals surface area (Å²) in [4.78, 5) is 21.2. The first-order chi connectivity index (χ1) is 18.2. The van der Waals surface area contributed by atoms with E-state index in [1.807, 2.05) is 12.1 Å². The second-order valence-corrected chi connectivity index (χ2v) is 8.63. The molecular weight excluding hydrogens is 505 g/mol. The number of oxazole rings is 1. The monoisotopic (exact) mass is 528 g/mol. The molecular formula is C26H23F3N4O5. The van der Waals surface area contributed by atoms with Crippen LogP contribution in [-0.4, -0.2) is 42.2 Å². The Labute approximate surface area is 214 Å². The summed E-state index contributed by atoms with van der Waals surface area (Å²) in [5.74, 6) is 0.911. The van der Waals surface area contributed by atoms with Crippen molar-refractivity contribution in [1.29, 1.82) is 0 Å². The van der Waals surface area contributed by atoms with Crippen LogP contribution in [-0.2, 0) is 6.18 Å². The fourth-order valence-corrected chi connectivity index (χ4v) is 4.07. The molecule has 0 saturated heterocycles. The maximum Gasteiger partial charge on any atom is 0.433 e. The Kier molecular flexibility index (Phi) is 6.57. The minimum Gasteiger partial charge on any atom is -0.494 e. The molecule has 1 aliphatic heterocycles. The van der Waals surface area contributed by atoms with Gasteiger partial charge in [0, 0.05) is 10.9 Å². The number of rotatable bonds is 6. The number of ether oxygens (including phenoxy) is 3. The number of carbonyl (C=O) groups is 1. The number of methoxy groups -OCH3 is 1. The van der Waals surface area contributed by atoms with Crippen LogP contribution in [0.25, 0.3) is 22.4 Å². The fourth-order valence-electron chi connectivity index (χ4n) is 4.07. The molecule has 0 saturated carbocycles. The maximum atomic E-state index is 13.3. The molecule has 1 amide bonds. The van der Waals surface area contributed by atoms with Crippen LogP contribution in [0.5, 0.6) is 17.2 Å². The molecule has 38 heavy (non-hydrogen) atoms. The van der Waals surface area contributed by atoms with Gasteiger partial charge in [0.1, 0.15) is 29.7 Å². The maximum absolute atomic E-state index is 13.3. The average molecular weight is 528 g/mol. The number of aromatic nitrogens is 2. The van der Waals surface area contributed by atoms with E-state index in [2.05, 4.69) is 15.3 Å². The lowest BCUT2D eigenvalue weighted by molar-refractivity contribution is -0.140. The van der Waals surface area contributed by atoms with Crippen molar-refractivity contribution in [3.05, 3.63) is 65.7 Å². The Balaban J connectivity index is 1.44. The first-order valence-electron chi connectivity index (χ1n) is 11.6. The number of benzene rings is 2. The van der Waals surface area contributed by atoms with Gasteiger partial charge in [-0.3, -0.25) is 4.79 Å². The topological polar surface area (TPSA) is 122 Å². The van der Waals surface area contributed by atoms with Gasteiger partial charge in [0.05, 0.1) is 19.7 Å². The molecule has 0 fully saturated rings. The molecule has 2 aromatic carbocycles. The highest BCUT2D eigenvalue weighted by Gasteiger charge is 2.33. The Hall–Kier alpha value is -4.32. The second-order valence-electron chi connectivity index (χ2n) is 8.63. The molecule has 0 aliphatic carbocycles. The molecule has 0 radical (unpaired) electrons. The lowest BCUT2D eigenvalue weighted by Crippen LogP contribution is -2.41. The number of hydrogen-bond donors (Lipinski definition) is 2. The van der Waals surface area contributed by atoms with Crippen LogP contribution in [0.1, 0.15) is 34.9 Å². The molecule has 198 valence electrons. The van der Waals surface area contributed by atoms with Crippen LogP contribution in [0.3, 0.4) is 0 Å². The minimum absolute atomic E-state index is 0.00263. The van der Waals surface area contributed by atoms with Crippen LogP contribution in [0.4, 0.5) is 13.2 Å². The van der Waals surface area contributed by atoms with Gasteiger partial charge in [0.25, 0.3) is 5.91 Å². The van der Waals surface area contributed by atoms with E-state index >= 15 is 0 Å². The van der Waals surface area contributed by atoms with Gasteiger partial charge in [-0.15, -0.1) is 0 Å². The summed E-state index contributed by atoms with van der Waals surface area (Å²) in [7, 11) is 1.33. The number of para-hydroxylation sites is 2. The number of halogens is 3. The SMILES string of the molecule is COc1ccc(-c2nc(C(=O)NCC3COc4ccccc4O3)c([C@H](C)N)o2)c2ccc(C(F)(F)F)nc12. The molecule has 9 nitrogen and oxygen atoms in total. The Morgan fingerprint density at radius 3 is 2.63 bits per heavy atom. The number of nitrogens with one attached hydrogen (secondary N) is 1. The summed E-state index contributed by atoms with van der Waals surface area (Å²) in [5.41, 5.74) is 5.23. The summed E-state index contributed by atoms with van der Waals surface area (Å²) >= 11 is 0. The lowest BCUT2D eigenvalue weighted by atomic mass is 10.1. The van der Waals surface area contributed by atoms with Gasteiger partial charge in [0.2, 0.25) is 5.89 Å². The van der Waals surface area contributed by atoms with Gasteiger partial charge < -0.3 is 29.7 Å². The van der Waals surface area contributed by atoms with Gasteiger partial charge in [-0.25, -0.2) is 9.97 Å². The van der Waals surface area contributed by atoms with Gasteiger partial charge in [-0.05, 0) is 43.3 Å². The first kappa shape index (κ1) is 25.3. The Morgan fingerprint density at radius 2 is 1.92 bits per heavy atom. The lowest BCUT2D eigenvalue weighted by Gasteiger charge is -2.26. The van der Waals surface area contributed by atoms with E-state index in [1.165, 1.54) is 19.2 Å². The predicted octanol–water partition coefficient (Wildman–Crippen LogP) is 4.51. The van der Waals surface area contributed by atoms with Gasteiger partial charge in [0.15, 0.2) is 23.0 Å². The zero-order chi connectivity index (χ0) is 27.0. The van der Waals surface area contributed by atoms with Gasteiger partial charge >= 0.3 is 6.18 Å². The standard InChI is InChI=1S/C26H23F3N4O5/c1-13(30)23-22(24(34)31-11-14-12-36-17-5-3-4-6-18(17)37-14)33-25(38-23)16-7-9-19(35-2)21-15(16)8-10-20(32-21)26(27,28)29/h3-10,13-14H,11-12,30H2,1-2H3,(H,31,34)/t13-,14?/m0/s1. The normalized spacial score (nSPS) is 15.8. The van der Waals surface area contributed by atoms with E-state index in [0.29, 0.717) is 22.4 Å². The summed E-state index contributed by atoms with van der Waals surface area (Å²) in [6.45, 7) is 2.00. The Morgan fingerprint density at radius 1 is 1.16 bits per heavy atom. The number of hydrogen-bond acceptors (Lipinski definition) is 8. The molecule has 12 heteroatoms. The van der Waals surface area contributed by atoms with Crippen molar-refractivity contribution in [2.45, 2.75) is 25.2 Å². The number of nitrogens with two attached hydrogens (primary N) is 1. The van der Waals surface area contributed by atoms with Crippen molar-refractivity contribution in [2.75, 3.05) is 20.3 Å². The Bertz CT molecular complexity index is 1500. The van der Waals surface area contributed by atoms with E-state index in [0.717, 1.165) is 6.07 Å². The smallest absolute Gasteiger partial charge is 0.433 e. The number of alkyl halides is 3. The molecule has 3 heterocycles. The van der Waals surface area contributed by atoms with Crippen LogP contribution in [0.15, 0.2) is 52.9 Å². The summed E-state index contributed by atoms with van der Waals surface area (Å²) in [6.07, 6.45) is -5.07. The molecule has 1 aliphatic rings. The van der Waals surface area contributed by atoms with Gasteiger partial charge in [-0.1, -0.05) is 12.1 Å². The van der Waals surface area contributed by atoms with Crippen molar-refractivity contribution in [2.24, 2.45) is 5.73 Å². The molecule has 3 N–H and O–H groups in total. The highest BCUT2D eigenvalue weighted by molar-refractivity contribution is 5.98. The number of nitrogens with zero attached hydrogens (tertiary/aromatic N) is 2. The fraction of sp³-hybridized carbons (Fsp3) is 0.269. The largest absolute Gasteiger partial charge is 0.494 e. The number of carbonyl (C=O) groups excluding carboxylic acids is 1. The van der Waals surface area contributed by atoms with Crippen LogP contribution < -0.4 is 25.3 Å². The molecule has 4 aromatic rings. The highest BCUT2D eigenvalue weighted by Crippen LogP contribution is 2.37. The zero-order valence-electron chi connectivity index (χ0n) is 20.3. The van der Waals surface area contributed by atoms with E-state index < -0.39 is 29.9 Å². The van der Waals surface area contributed by atoms with E-state index in [4.69, 9.17) is 24.4 Å². The average Bonchev–Trinajstić information content (AvgIpc) is 3.36. The number of fused-ring (bicyclic) bond motifs is 2. The molecule has 0 spiro atoms. The first-order valence-corrected chi connectivity index (χ1v) is 11.6. The highest BCUT2D eigenvalue weighted by atomic mass is 19.4. The molecule has 1 unspecified atom stereocenters. The van der Waals surface area contributed by atoms with Crippen LogP contribution in [0, 0.1) is 0 Å². The molecule has 2 aromatic heterocycles. The van der Waals surface area contributed by atoms with Crippen molar-refractivity contribution in [1.82, 2.24) is 15.3 Å². The molecule has 5 rings (SSSR count).